The third kappa shape index (κ3) is 4.96. The van der Waals surface area contributed by atoms with Crippen LogP contribution in [0.1, 0.15) is 36.9 Å². The first-order valence-corrected chi connectivity index (χ1v) is 10.6. The van der Waals surface area contributed by atoms with Crippen LogP contribution in [-0.2, 0) is 11.2 Å². The van der Waals surface area contributed by atoms with Gasteiger partial charge in [-0.05, 0) is 50.7 Å². The second-order valence-electron chi connectivity index (χ2n) is 7.71. The zero-order valence-electron chi connectivity index (χ0n) is 17.0. The van der Waals surface area contributed by atoms with E-state index in [-0.39, 0.29) is 5.91 Å². The van der Waals surface area contributed by atoms with Crippen LogP contribution in [0, 0.1) is 6.92 Å². The number of carbonyl (C=O) groups is 1. The molecule has 154 valence electrons. The Morgan fingerprint density at radius 2 is 2.00 bits per heavy atom. The lowest BCUT2D eigenvalue weighted by Gasteiger charge is -2.28. The molecule has 7 heteroatoms. The number of carbonyl (C=O) groups excluding carboxylic acids is 1. The maximum Gasteiger partial charge on any atom is 0.261 e. The number of aryl methyl sites for hydroxylation is 2. The third-order valence-corrected chi connectivity index (χ3v) is 5.44. The van der Waals surface area contributed by atoms with Crippen molar-refractivity contribution in [3.63, 3.8) is 0 Å². The highest BCUT2D eigenvalue weighted by Gasteiger charge is 2.25. The summed E-state index contributed by atoms with van der Waals surface area (Å²) >= 11 is 0. The first kappa shape index (κ1) is 19.5. The summed E-state index contributed by atoms with van der Waals surface area (Å²) in [5.41, 5.74) is 2.11. The van der Waals surface area contributed by atoms with Gasteiger partial charge in [0, 0.05) is 37.9 Å². The lowest BCUT2D eigenvalue weighted by Crippen LogP contribution is -2.42. The number of anilines is 2. The average molecular weight is 396 g/mol. The fourth-order valence-corrected chi connectivity index (χ4v) is 3.90. The molecule has 0 aliphatic carbocycles. The van der Waals surface area contributed by atoms with E-state index in [2.05, 4.69) is 25.5 Å². The van der Waals surface area contributed by atoms with Crippen LogP contribution in [0.3, 0.4) is 0 Å². The SMILES string of the molecule is Cc1cc(N2CCCCC2)nc(NCCNC(=O)C2CCc3ccccc3O2)n1. The quantitative estimate of drug-likeness (QED) is 0.732. The maximum atomic E-state index is 12.4. The number of hydrogen-bond acceptors (Lipinski definition) is 6. The van der Waals surface area contributed by atoms with E-state index < -0.39 is 6.10 Å². The number of benzene rings is 1. The molecule has 3 heterocycles. The number of piperidine rings is 1. The van der Waals surface area contributed by atoms with Crippen molar-refractivity contribution in [3.05, 3.63) is 41.6 Å². The number of aromatic nitrogens is 2. The second kappa shape index (κ2) is 9.11. The third-order valence-electron chi connectivity index (χ3n) is 5.44. The summed E-state index contributed by atoms with van der Waals surface area (Å²) in [6, 6.07) is 9.94. The van der Waals surface area contributed by atoms with Crippen LogP contribution in [0.25, 0.3) is 0 Å². The summed E-state index contributed by atoms with van der Waals surface area (Å²) in [6.07, 6.45) is 4.86. The second-order valence-corrected chi connectivity index (χ2v) is 7.71. The van der Waals surface area contributed by atoms with Gasteiger partial charge in [-0.1, -0.05) is 18.2 Å². The minimum Gasteiger partial charge on any atom is -0.480 e. The molecule has 0 saturated carbocycles. The van der Waals surface area contributed by atoms with E-state index in [1.54, 1.807) is 0 Å². The Labute approximate surface area is 171 Å². The Kier molecular flexibility index (Phi) is 6.12. The maximum absolute atomic E-state index is 12.4. The molecular formula is C22H29N5O2. The van der Waals surface area contributed by atoms with Crippen molar-refractivity contribution in [2.24, 2.45) is 0 Å². The zero-order chi connectivity index (χ0) is 20.1. The molecule has 2 N–H and O–H groups in total. The molecule has 1 atom stereocenters. The molecule has 0 radical (unpaired) electrons. The van der Waals surface area contributed by atoms with Crippen molar-refractivity contribution >= 4 is 17.7 Å². The zero-order valence-corrected chi connectivity index (χ0v) is 17.0. The van der Waals surface area contributed by atoms with Crippen LogP contribution in [0.15, 0.2) is 30.3 Å². The standard InChI is InChI=1S/C22H29N5O2/c1-16-15-20(27-13-5-2-6-14-27)26-22(25-16)24-12-11-23-21(28)19-10-9-17-7-3-4-8-18(17)29-19/h3-4,7-8,15,19H,2,5-6,9-14H2,1H3,(H,23,28)(H,24,25,26). The topological polar surface area (TPSA) is 79.4 Å². The van der Waals surface area contributed by atoms with E-state index >= 15 is 0 Å². The van der Waals surface area contributed by atoms with E-state index in [1.807, 2.05) is 37.3 Å². The fourth-order valence-electron chi connectivity index (χ4n) is 3.90. The van der Waals surface area contributed by atoms with Crippen molar-refractivity contribution < 1.29 is 9.53 Å². The predicted molar refractivity (Wildman–Crippen MR) is 114 cm³/mol. The molecule has 7 nitrogen and oxygen atoms in total. The van der Waals surface area contributed by atoms with Gasteiger partial charge in [0.15, 0.2) is 6.10 Å². The van der Waals surface area contributed by atoms with Crippen LogP contribution < -0.4 is 20.3 Å². The van der Waals surface area contributed by atoms with Gasteiger partial charge in [-0.2, -0.15) is 4.98 Å². The molecule has 1 fully saturated rings. The van der Waals surface area contributed by atoms with Crippen LogP contribution in [-0.4, -0.2) is 48.2 Å². The Morgan fingerprint density at radius 1 is 1.17 bits per heavy atom. The molecular weight excluding hydrogens is 366 g/mol. The number of fused-ring (bicyclic) bond motifs is 1. The van der Waals surface area contributed by atoms with E-state index in [9.17, 15) is 4.79 Å². The molecule has 2 aliphatic rings. The molecule has 2 aliphatic heterocycles. The molecule has 1 saturated heterocycles. The van der Waals surface area contributed by atoms with Gasteiger partial charge >= 0.3 is 0 Å². The molecule has 1 aromatic heterocycles. The van der Waals surface area contributed by atoms with Crippen molar-refractivity contribution in [1.82, 2.24) is 15.3 Å². The summed E-state index contributed by atoms with van der Waals surface area (Å²) in [7, 11) is 0. The normalized spacial score (nSPS) is 18.5. The minimum absolute atomic E-state index is 0.0690. The van der Waals surface area contributed by atoms with Crippen molar-refractivity contribution in [3.8, 4) is 5.75 Å². The summed E-state index contributed by atoms with van der Waals surface area (Å²) < 4.78 is 5.85. The van der Waals surface area contributed by atoms with Gasteiger partial charge in [0.1, 0.15) is 11.6 Å². The van der Waals surface area contributed by atoms with Gasteiger partial charge in [0.05, 0.1) is 0 Å². The molecule has 0 spiro atoms. The van der Waals surface area contributed by atoms with E-state index in [0.29, 0.717) is 25.5 Å². The molecule has 29 heavy (non-hydrogen) atoms. The number of hydrogen-bond donors (Lipinski definition) is 2. The van der Waals surface area contributed by atoms with E-state index in [4.69, 9.17) is 4.74 Å². The fraction of sp³-hybridized carbons (Fsp3) is 0.500. The lowest BCUT2D eigenvalue weighted by molar-refractivity contribution is -0.128. The molecule has 1 unspecified atom stereocenters. The lowest BCUT2D eigenvalue weighted by atomic mass is 10.0. The molecule has 1 amide bonds. The molecule has 2 aromatic rings. The number of ether oxygens (including phenoxy) is 1. The number of nitrogens with one attached hydrogen (secondary N) is 2. The largest absolute Gasteiger partial charge is 0.480 e. The summed E-state index contributed by atoms with van der Waals surface area (Å²) in [5.74, 6) is 2.34. The van der Waals surface area contributed by atoms with Crippen molar-refractivity contribution in [2.75, 3.05) is 36.4 Å². The highest BCUT2D eigenvalue weighted by molar-refractivity contribution is 5.81. The minimum atomic E-state index is -0.425. The van der Waals surface area contributed by atoms with Gasteiger partial charge < -0.3 is 20.3 Å². The number of amides is 1. The highest BCUT2D eigenvalue weighted by atomic mass is 16.5. The Bertz CT molecular complexity index is 851. The first-order chi connectivity index (χ1) is 14.2. The van der Waals surface area contributed by atoms with Crippen LogP contribution >= 0.6 is 0 Å². The smallest absolute Gasteiger partial charge is 0.261 e. The summed E-state index contributed by atoms with van der Waals surface area (Å²) in [6.45, 7) is 5.15. The van der Waals surface area contributed by atoms with Crippen molar-refractivity contribution in [2.45, 2.75) is 45.1 Å². The van der Waals surface area contributed by atoms with E-state index in [0.717, 1.165) is 36.8 Å². The molecule has 1 aromatic carbocycles. The van der Waals surface area contributed by atoms with Gasteiger partial charge in [-0.3, -0.25) is 4.79 Å². The number of nitrogens with zero attached hydrogens (tertiary/aromatic N) is 3. The van der Waals surface area contributed by atoms with Crippen LogP contribution in [0.2, 0.25) is 0 Å². The van der Waals surface area contributed by atoms with Gasteiger partial charge in [0.2, 0.25) is 5.95 Å². The predicted octanol–water partition coefficient (Wildman–Crippen LogP) is 2.70. The number of rotatable bonds is 6. The summed E-state index contributed by atoms with van der Waals surface area (Å²) in [5, 5.41) is 6.19. The summed E-state index contributed by atoms with van der Waals surface area (Å²) in [4.78, 5) is 23.9. The Morgan fingerprint density at radius 3 is 2.86 bits per heavy atom. The Hall–Kier alpha value is -2.83. The van der Waals surface area contributed by atoms with Gasteiger partial charge in [-0.25, -0.2) is 4.98 Å². The first-order valence-electron chi connectivity index (χ1n) is 10.6. The molecule has 0 bridgehead atoms. The van der Waals surface area contributed by atoms with Crippen LogP contribution in [0.5, 0.6) is 5.75 Å². The van der Waals surface area contributed by atoms with Gasteiger partial charge in [0.25, 0.3) is 5.91 Å². The van der Waals surface area contributed by atoms with Crippen molar-refractivity contribution in [1.29, 1.82) is 0 Å². The number of para-hydroxylation sites is 1. The Balaban J connectivity index is 1.25. The highest BCUT2D eigenvalue weighted by Crippen LogP contribution is 2.27. The van der Waals surface area contributed by atoms with Crippen LogP contribution in [0.4, 0.5) is 11.8 Å². The van der Waals surface area contributed by atoms with Gasteiger partial charge in [-0.15, -0.1) is 0 Å². The monoisotopic (exact) mass is 395 g/mol. The van der Waals surface area contributed by atoms with E-state index in [1.165, 1.54) is 24.8 Å². The average Bonchev–Trinajstić information content (AvgIpc) is 2.76. The molecule has 4 rings (SSSR count).